The summed E-state index contributed by atoms with van der Waals surface area (Å²) in [5.41, 5.74) is 0. The van der Waals surface area contributed by atoms with Crippen LogP contribution in [0.25, 0.3) is 0 Å². The molecule has 96 valence electrons. The van der Waals surface area contributed by atoms with Gasteiger partial charge in [-0.25, -0.2) is 0 Å². The minimum atomic E-state index is -1.21. The van der Waals surface area contributed by atoms with Crippen LogP contribution in [0.5, 0.6) is 0 Å². The Morgan fingerprint density at radius 3 is 2.35 bits per heavy atom. The van der Waals surface area contributed by atoms with E-state index in [-0.39, 0.29) is 0 Å². The minimum Gasteiger partial charge on any atom is -0.352 e. The SMILES string of the molecule is CCOC(CS(=O)c1ccccc1Cl)OCC. The average molecular weight is 277 g/mol. The van der Waals surface area contributed by atoms with Crippen LogP contribution in [-0.2, 0) is 20.3 Å². The standard InChI is InChI=1S/C12H17ClO3S/c1-3-15-12(16-4-2)9-17(14)11-8-6-5-7-10(11)13/h5-8,12H,3-4,9H2,1-2H3. The minimum absolute atomic E-state index is 0.297. The Kier molecular flexibility index (Phi) is 6.73. The maximum Gasteiger partial charge on any atom is 0.169 e. The smallest absolute Gasteiger partial charge is 0.169 e. The molecule has 0 N–H and O–H groups in total. The highest BCUT2D eigenvalue weighted by molar-refractivity contribution is 7.85. The van der Waals surface area contributed by atoms with Gasteiger partial charge in [-0.05, 0) is 26.0 Å². The molecule has 0 aliphatic rings. The molecule has 0 saturated carbocycles. The van der Waals surface area contributed by atoms with Crippen LogP contribution in [0, 0.1) is 0 Å². The number of ether oxygens (including phenoxy) is 2. The van der Waals surface area contributed by atoms with Crippen molar-refractivity contribution < 1.29 is 13.7 Å². The lowest BCUT2D eigenvalue weighted by molar-refractivity contribution is -0.120. The first kappa shape index (κ1) is 14.6. The number of benzene rings is 1. The summed E-state index contributed by atoms with van der Waals surface area (Å²) in [6, 6.07) is 7.11. The van der Waals surface area contributed by atoms with Gasteiger partial charge in [0.2, 0.25) is 0 Å². The predicted octanol–water partition coefficient (Wildman–Crippen LogP) is 2.85. The van der Waals surface area contributed by atoms with Gasteiger partial charge in [0.15, 0.2) is 6.29 Å². The van der Waals surface area contributed by atoms with E-state index in [0.717, 1.165) is 0 Å². The Balaban J connectivity index is 2.67. The molecule has 3 nitrogen and oxygen atoms in total. The van der Waals surface area contributed by atoms with Crippen LogP contribution in [0.3, 0.4) is 0 Å². The van der Waals surface area contributed by atoms with Gasteiger partial charge in [0.25, 0.3) is 0 Å². The molecular formula is C12H17ClO3S. The Bertz CT molecular complexity index is 365. The molecule has 1 rings (SSSR count). The molecule has 0 radical (unpaired) electrons. The number of halogens is 1. The molecule has 0 aliphatic carbocycles. The van der Waals surface area contributed by atoms with Crippen molar-refractivity contribution in [2.75, 3.05) is 19.0 Å². The number of hydrogen-bond acceptors (Lipinski definition) is 3. The molecule has 0 heterocycles. The fraction of sp³-hybridized carbons (Fsp3) is 0.500. The van der Waals surface area contributed by atoms with E-state index in [9.17, 15) is 4.21 Å². The van der Waals surface area contributed by atoms with E-state index >= 15 is 0 Å². The second-order valence-electron chi connectivity index (χ2n) is 3.28. The quantitative estimate of drug-likeness (QED) is 0.719. The third-order valence-corrected chi connectivity index (χ3v) is 3.94. The molecule has 0 saturated heterocycles. The second-order valence-corrected chi connectivity index (χ2v) is 5.15. The average Bonchev–Trinajstić information content (AvgIpc) is 2.30. The van der Waals surface area contributed by atoms with E-state index in [0.29, 0.717) is 28.9 Å². The zero-order chi connectivity index (χ0) is 12.7. The van der Waals surface area contributed by atoms with Crippen molar-refractivity contribution in [1.29, 1.82) is 0 Å². The summed E-state index contributed by atoms with van der Waals surface area (Å²) in [7, 11) is -1.21. The maximum absolute atomic E-state index is 12.1. The summed E-state index contributed by atoms with van der Waals surface area (Å²) in [5.74, 6) is 0.297. The van der Waals surface area contributed by atoms with E-state index in [2.05, 4.69) is 0 Å². The predicted molar refractivity (Wildman–Crippen MR) is 69.8 cm³/mol. The summed E-state index contributed by atoms with van der Waals surface area (Å²) in [6.45, 7) is 4.82. The summed E-state index contributed by atoms with van der Waals surface area (Å²) in [4.78, 5) is 0.624. The zero-order valence-electron chi connectivity index (χ0n) is 10.0. The van der Waals surface area contributed by atoms with E-state index in [1.807, 2.05) is 26.0 Å². The molecule has 0 aromatic heterocycles. The molecule has 1 aromatic rings. The molecule has 0 bridgehead atoms. The van der Waals surface area contributed by atoms with E-state index in [4.69, 9.17) is 21.1 Å². The fourth-order valence-electron chi connectivity index (χ4n) is 1.36. The van der Waals surface area contributed by atoms with Crippen LogP contribution in [0.15, 0.2) is 29.2 Å². The van der Waals surface area contributed by atoms with Crippen molar-refractivity contribution in [3.05, 3.63) is 29.3 Å². The van der Waals surface area contributed by atoms with Gasteiger partial charge in [-0.3, -0.25) is 4.21 Å². The maximum atomic E-state index is 12.1. The third kappa shape index (κ3) is 4.76. The monoisotopic (exact) mass is 276 g/mol. The third-order valence-electron chi connectivity index (χ3n) is 2.07. The fourth-order valence-corrected chi connectivity index (χ4v) is 2.89. The molecule has 17 heavy (non-hydrogen) atoms. The highest BCUT2D eigenvalue weighted by Gasteiger charge is 2.16. The van der Waals surface area contributed by atoms with Gasteiger partial charge in [0.1, 0.15) is 0 Å². The molecule has 0 amide bonds. The Labute approximate surface area is 110 Å². The van der Waals surface area contributed by atoms with Crippen LogP contribution in [0.1, 0.15) is 13.8 Å². The van der Waals surface area contributed by atoms with E-state index in [1.54, 1.807) is 12.1 Å². The van der Waals surface area contributed by atoms with Crippen LogP contribution in [0.2, 0.25) is 5.02 Å². The van der Waals surface area contributed by atoms with Crippen molar-refractivity contribution in [2.45, 2.75) is 25.0 Å². The lowest BCUT2D eigenvalue weighted by Gasteiger charge is -2.16. The molecule has 1 unspecified atom stereocenters. The highest BCUT2D eigenvalue weighted by atomic mass is 35.5. The molecule has 1 atom stereocenters. The summed E-state index contributed by atoms with van der Waals surface area (Å²) >= 11 is 5.98. The Morgan fingerprint density at radius 2 is 1.82 bits per heavy atom. The van der Waals surface area contributed by atoms with Gasteiger partial charge in [-0.1, -0.05) is 23.7 Å². The number of hydrogen-bond donors (Lipinski definition) is 0. The lowest BCUT2D eigenvalue weighted by atomic mass is 10.4. The van der Waals surface area contributed by atoms with E-state index < -0.39 is 17.1 Å². The topological polar surface area (TPSA) is 35.5 Å². The van der Waals surface area contributed by atoms with Gasteiger partial charge in [-0.15, -0.1) is 0 Å². The molecule has 0 spiro atoms. The Hall–Kier alpha value is -0.420. The molecule has 1 aromatic carbocycles. The van der Waals surface area contributed by atoms with Gasteiger partial charge in [-0.2, -0.15) is 0 Å². The van der Waals surface area contributed by atoms with Crippen LogP contribution in [-0.4, -0.2) is 29.5 Å². The molecule has 5 heteroatoms. The van der Waals surface area contributed by atoms with Crippen molar-refractivity contribution in [3.8, 4) is 0 Å². The first-order valence-electron chi connectivity index (χ1n) is 5.55. The van der Waals surface area contributed by atoms with Crippen LogP contribution in [0.4, 0.5) is 0 Å². The van der Waals surface area contributed by atoms with E-state index in [1.165, 1.54) is 0 Å². The van der Waals surface area contributed by atoms with Crippen LogP contribution < -0.4 is 0 Å². The number of rotatable bonds is 7. The van der Waals surface area contributed by atoms with Crippen molar-refractivity contribution in [2.24, 2.45) is 0 Å². The largest absolute Gasteiger partial charge is 0.352 e. The Morgan fingerprint density at radius 1 is 1.24 bits per heavy atom. The second kappa shape index (κ2) is 7.82. The molecule has 0 aliphatic heterocycles. The molecule has 0 fully saturated rings. The summed E-state index contributed by atoms with van der Waals surface area (Å²) in [5, 5.41) is 0.512. The zero-order valence-corrected chi connectivity index (χ0v) is 11.6. The van der Waals surface area contributed by atoms with Crippen molar-refractivity contribution in [3.63, 3.8) is 0 Å². The lowest BCUT2D eigenvalue weighted by Crippen LogP contribution is -2.24. The van der Waals surface area contributed by atoms with Crippen molar-refractivity contribution in [1.82, 2.24) is 0 Å². The normalized spacial score (nSPS) is 12.9. The first-order valence-corrected chi connectivity index (χ1v) is 7.24. The molecular weight excluding hydrogens is 260 g/mol. The van der Waals surface area contributed by atoms with Crippen LogP contribution >= 0.6 is 11.6 Å². The van der Waals surface area contributed by atoms with Gasteiger partial charge < -0.3 is 9.47 Å². The summed E-state index contributed by atoms with van der Waals surface area (Å²) < 4.78 is 22.8. The highest BCUT2D eigenvalue weighted by Crippen LogP contribution is 2.19. The first-order chi connectivity index (χ1) is 8.19. The van der Waals surface area contributed by atoms with Gasteiger partial charge in [0, 0.05) is 13.2 Å². The summed E-state index contributed by atoms with van der Waals surface area (Å²) in [6.07, 6.45) is -0.442. The van der Waals surface area contributed by atoms with Gasteiger partial charge >= 0.3 is 0 Å². The van der Waals surface area contributed by atoms with Gasteiger partial charge in [0.05, 0.1) is 26.5 Å². The van der Waals surface area contributed by atoms with Crippen molar-refractivity contribution >= 4 is 22.4 Å².